The van der Waals surface area contributed by atoms with Gasteiger partial charge in [0.2, 0.25) is 0 Å². The van der Waals surface area contributed by atoms with Crippen molar-refractivity contribution in [2.24, 2.45) is 0 Å². The number of carbonyl (C=O) groups excluding carboxylic acids is 1. The number of carbonyl (C=O) groups is 1. The van der Waals surface area contributed by atoms with Crippen LogP contribution in [0.15, 0.2) is 12.1 Å². The van der Waals surface area contributed by atoms with Gasteiger partial charge in [-0.15, -0.1) is 0 Å². The highest BCUT2D eigenvalue weighted by molar-refractivity contribution is 5.90. The minimum Gasteiger partial charge on any atom is -0.496 e. The predicted molar refractivity (Wildman–Crippen MR) is 65.6 cm³/mol. The van der Waals surface area contributed by atoms with E-state index in [2.05, 4.69) is 6.07 Å². The van der Waals surface area contributed by atoms with Gasteiger partial charge < -0.3 is 9.47 Å². The fourth-order valence-electron chi connectivity index (χ4n) is 2.44. The molecule has 1 aromatic carbocycles. The number of ketones is 1. The lowest BCUT2D eigenvalue weighted by Crippen LogP contribution is -2.52. The molecule has 1 aromatic rings. The number of hydrogen-bond acceptors (Lipinski definition) is 3. The first-order chi connectivity index (χ1) is 8.01. The second-order valence-electron chi connectivity index (χ2n) is 4.79. The van der Waals surface area contributed by atoms with Crippen LogP contribution in [-0.2, 0) is 14.9 Å². The van der Waals surface area contributed by atoms with Crippen LogP contribution < -0.4 is 4.74 Å². The van der Waals surface area contributed by atoms with E-state index in [4.69, 9.17) is 9.47 Å². The minimum atomic E-state index is -0.498. The molecule has 0 radical (unpaired) electrons. The van der Waals surface area contributed by atoms with Crippen molar-refractivity contribution < 1.29 is 14.3 Å². The first-order valence-electron chi connectivity index (χ1n) is 5.76. The Kier molecular flexibility index (Phi) is 2.96. The summed E-state index contributed by atoms with van der Waals surface area (Å²) in [6.07, 6.45) is 0. The molecule has 0 unspecified atom stereocenters. The zero-order chi connectivity index (χ0) is 12.6. The lowest BCUT2D eigenvalue weighted by molar-refractivity contribution is -0.140. The summed E-state index contributed by atoms with van der Waals surface area (Å²) in [7, 11) is 1.65. The summed E-state index contributed by atoms with van der Waals surface area (Å²) in [5.74, 6) is 0.959. The van der Waals surface area contributed by atoms with Crippen molar-refractivity contribution in [3.05, 3.63) is 28.8 Å². The highest BCUT2D eigenvalue weighted by Crippen LogP contribution is 2.40. The summed E-state index contributed by atoms with van der Waals surface area (Å²) in [6.45, 7) is 6.58. The third-order valence-corrected chi connectivity index (χ3v) is 3.51. The molecule has 0 spiro atoms. The topological polar surface area (TPSA) is 35.5 Å². The van der Waals surface area contributed by atoms with Crippen molar-refractivity contribution >= 4 is 5.78 Å². The van der Waals surface area contributed by atoms with Crippen molar-refractivity contribution in [3.8, 4) is 5.75 Å². The maximum Gasteiger partial charge on any atom is 0.145 e. The van der Waals surface area contributed by atoms with Crippen LogP contribution in [0.3, 0.4) is 0 Å². The Morgan fingerprint density at radius 2 is 2.00 bits per heavy atom. The fourth-order valence-corrected chi connectivity index (χ4v) is 2.44. The Labute approximate surface area is 102 Å². The largest absolute Gasteiger partial charge is 0.496 e. The lowest BCUT2D eigenvalue weighted by Gasteiger charge is -2.40. The molecule has 3 heteroatoms. The SMILES string of the molecule is COc1c(C)cc(C)cc1C1(C(C)=O)COC1. The van der Waals surface area contributed by atoms with Crippen molar-refractivity contribution in [1.29, 1.82) is 0 Å². The lowest BCUT2D eigenvalue weighted by atomic mass is 9.74. The predicted octanol–water partition coefficient (Wildman–Crippen LogP) is 2.17. The maximum atomic E-state index is 11.9. The van der Waals surface area contributed by atoms with Gasteiger partial charge in [0.1, 0.15) is 16.9 Å². The standard InChI is InChI=1S/C14H18O3/c1-9-5-10(2)13(16-4)12(6-9)14(11(3)15)7-17-8-14/h5-6H,7-8H2,1-4H3. The number of rotatable bonds is 3. The van der Waals surface area contributed by atoms with Crippen LogP contribution in [0.4, 0.5) is 0 Å². The molecule has 1 saturated heterocycles. The molecule has 0 bridgehead atoms. The van der Waals surface area contributed by atoms with Gasteiger partial charge in [0.05, 0.1) is 20.3 Å². The Bertz CT molecular complexity index is 459. The maximum absolute atomic E-state index is 11.9. The molecule has 0 aromatic heterocycles. The summed E-state index contributed by atoms with van der Waals surface area (Å²) in [4.78, 5) is 11.9. The summed E-state index contributed by atoms with van der Waals surface area (Å²) in [6, 6.07) is 4.10. The van der Waals surface area contributed by atoms with Gasteiger partial charge in [0.25, 0.3) is 0 Å². The Hall–Kier alpha value is -1.35. The second kappa shape index (κ2) is 4.15. The van der Waals surface area contributed by atoms with Crippen LogP contribution in [0.25, 0.3) is 0 Å². The van der Waals surface area contributed by atoms with E-state index in [0.717, 1.165) is 22.4 Å². The van der Waals surface area contributed by atoms with Crippen molar-refractivity contribution in [3.63, 3.8) is 0 Å². The Morgan fingerprint density at radius 3 is 2.41 bits per heavy atom. The monoisotopic (exact) mass is 234 g/mol. The van der Waals surface area contributed by atoms with E-state index in [0.29, 0.717) is 13.2 Å². The van der Waals surface area contributed by atoms with E-state index in [-0.39, 0.29) is 5.78 Å². The van der Waals surface area contributed by atoms with Crippen LogP contribution >= 0.6 is 0 Å². The second-order valence-corrected chi connectivity index (χ2v) is 4.79. The van der Waals surface area contributed by atoms with Crippen LogP contribution in [0.2, 0.25) is 0 Å². The highest BCUT2D eigenvalue weighted by atomic mass is 16.5. The van der Waals surface area contributed by atoms with Crippen LogP contribution in [0, 0.1) is 13.8 Å². The third kappa shape index (κ3) is 1.75. The van der Waals surface area contributed by atoms with E-state index in [1.807, 2.05) is 19.9 Å². The quantitative estimate of drug-likeness (QED) is 0.804. The minimum absolute atomic E-state index is 0.145. The van der Waals surface area contributed by atoms with E-state index in [9.17, 15) is 4.79 Å². The Balaban J connectivity index is 2.61. The van der Waals surface area contributed by atoms with Gasteiger partial charge in [0.15, 0.2) is 0 Å². The van der Waals surface area contributed by atoms with Crippen LogP contribution in [0.5, 0.6) is 5.75 Å². The Morgan fingerprint density at radius 1 is 1.35 bits per heavy atom. The van der Waals surface area contributed by atoms with Crippen molar-refractivity contribution in [2.45, 2.75) is 26.2 Å². The summed E-state index contributed by atoms with van der Waals surface area (Å²) >= 11 is 0. The molecule has 1 heterocycles. The van der Waals surface area contributed by atoms with Gasteiger partial charge in [-0.2, -0.15) is 0 Å². The molecule has 2 rings (SSSR count). The molecule has 1 fully saturated rings. The van der Waals surface area contributed by atoms with Gasteiger partial charge in [-0.25, -0.2) is 0 Å². The van der Waals surface area contributed by atoms with Gasteiger partial charge in [-0.05, 0) is 26.3 Å². The highest BCUT2D eigenvalue weighted by Gasteiger charge is 2.47. The number of methoxy groups -OCH3 is 1. The van der Waals surface area contributed by atoms with E-state index in [1.54, 1.807) is 14.0 Å². The number of benzene rings is 1. The van der Waals surface area contributed by atoms with Gasteiger partial charge >= 0.3 is 0 Å². The van der Waals surface area contributed by atoms with E-state index < -0.39 is 5.41 Å². The number of aryl methyl sites for hydroxylation is 2. The number of Topliss-reactive ketones (excluding diaryl/α,β-unsaturated/α-hetero) is 1. The average Bonchev–Trinajstić information content (AvgIpc) is 2.14. The molecule has 0 saturated carbocycles. The normalized spacial score (nSPS) is 17.4. The van der Waals surface area contributed by atoms with Crippen molar-refractivity contribution in [1.82, 2.24) is 0 Å². The molecule has 0 atom stereocenters. The molecule has 1 aliphatic rings. The summed E-state index contributed by atoms with van der Waals surface area (Å²) in [5.41, 5.74) is 2.68. The first kappa shape index (κ1) is 12.1. The number of ether oxygens (including phenoxy) is 2. The molecule has 1 aliphatic heterocycles. The zero-order valence-electron chi connectivity index (χ0n) is 10.8. The molecule has 92 valence electrons. The molecule has 0 aliphatic carbocycles. The van der Waals surface area contributed by atoms with Gasteiger partial charge in [-0.3, -0.25) is 4.79 Å². The molecule has 3 nitrogen and oxygen atoms in total. The molecular weight excluding hydrogens is 216 g/mol. The van der Waals surface area contributed by atoms with Crippen LogP contribution in [0.1, 0.15) is 23.6 Å². The molecule has 0 N–H and O–H groups in total. The summed E-state index contributed by atoms with van der Waals surface area (Å²) in [5, 5.41) is 0. The van der Waals surface area contributed by atoms with E-state index >= 15 is 0 Å². The third-order valence-electron chi connectivity index (χ3n) is 3.51. The fraction of sp³-hybridized carbons (Fsp3) is 0.500. The summed E-state index contributed by atoms with van der Waals surface area (Å²) < 4.78 is 10.7. The van der Waals surface area contributed by atoms with Crippen molar-refractivity contribution in [2.75, 3.05) is 20.3 Å². The van der Waals surface area contributed by atoms with Gasteiger partial charge in [-0.1, -0.05) is 17.7 Å². The molecular formula is C14H18O3. The average molecular weight is 234 g/mol. The molecule has 17 heavy (non-hydrogen) atoms. The van der Waals surface area contributed by atoms with Crippen LogP contribution in [-0.4, -0.2) is 26.1 Å². The zero-order valence-corrected chi connectivity index (χ0v) is 10.8. The smallest absolute Gasteiger partial charge is 0.145 e. The first-order valence-corrected chi connectivity index (χ1v) is 5.76. The van der Waals surface area contributed by atoms with Gasteiger partial charge in [0, 0.05) is 5.56 Å². The molecule has 0 amide bonds. The number of hydrogen-bond donors (Lipinski definition) is 0. The van der Waals surface area contributed by atoms with E-state index in [1.165, 1.54) is 0 Å².